The van der Waals surface area contributed by atoms with Crippen molar-refractivity contribution in [3.63, 3.8) is 0 Å². The molecule has 0 saturated heterocycles. The molecule has 2 heterocycles. The van der Waals surface area contributed by atoms with Crippen molar-refractivity contribution < 1.29 is 4.42 Å². The number of furan rings is 1. The second-order valence-electron chi connectivity index (χ2n) is 5.21. The number of hydrogen-bond donors (Lipinski definition) is 0. The smallest absolute Gasteiger partial charge is 0.163 e. The summed E-state index contributed by atoms with van der Waals surface area (Å²) in [5.74, 6) is 0.671. The molecule has 2 aromatic carbocycles. The standard InChI is InChI=1S/C20H14N2O/c1-2-6-15(7-3-1)10-11-19-17-8-4-5-9-18(17)21-20(22-19)16-12-13-23-14-16/h1-14H/b11-10+. The van der Waals surface area contributed by atoms with Crippen LogP contribution in [0.25, 0.3) is 34.4 Å². The van der Waals surface area contributed by atoms with Gasteiger partial charge in [-0.25, -0.2) is 9.97 Å². The first kappa shape index (κ1) is 13.5. The molecule has 0 spiro atoms. The number of benzene rings is 2. The van der Waals surface area contributed by atoms with E-state index in [4.69, 9.17) is 9.40 Å². The molecular weight excluding hydrogens is 284 g/mol. The number of aromatic nitrogens is 2. The number of hydrogen-bond acceptors (Lipinski definition) is 3. The van der Waals surface area contributed by atoms with Gasteiger partial charge in [-0.15, -0.1) is 0 Å². The average molecular weight is 298 g/mol. The van der Waals surface area contributed by atoms with Crippen LogP contribution in [0, 0.1) is 0 Å². The molecule has 3 heteroatoms. The van der Waals surface area contributed by atoms with Crippen molar-refractivity contribution in [2.75, 3.05) is 0 Å². The Labute approximate surface area is 134 Å². The zero-order valence-electron chi connectivity index (χ0n) is 12.4. The maximum atomic E-state index is 5.15. The first-order valence-electron chi connectivity index (χ1n) is 7.43. The van der Waals surface area contributed by atoms with Gasteiger partial charge < -0.3 is 4.42 Å². The van der Waals surface area contributed by atoms with Gasteiger partial charge in [0, 0.05) is 5.39 Å². The van der Waals surface area contributed by atoms with Crippen LogP contribution in [0.15, 0.2) is 77.6 Å². The Morgan fingerprint density at radius 1 is 0.783 bits per heavy atom. The Morgan fingerprint density at radius 3 is 2.43 bits per heavy atom. The van der Waals surface area contributed by atoms with Crippen molar-refractivity contribution in [1.82, 2.24) is 9.97 Å². The quantitative estimate of drug-likeness (QED) is 0.530. The van der Waals surface area contributed by atoms with Gasteiger partial charge >= 0.3 is 0 Å². The summed E-state index contributed by atoms with van der Waals surface area (Å²) in [5.41, 5.74) is 3.84. The molecule has 0 aliphatic carbocycles. The molecule has 4 aromatic rings. The van der Waals surface area contributed by atoms with E-state index in [-0.39, 0.29) is 0 Å². The Balaban J connectivity index is 1.85. The van der Waals surface area contributed by atoms with Gasteiger partial charge in [0.05, 0.1) is 23.0 Å². The third-order valence-corrected chi connectivity index (χ3v) is 3.65. The molecule has 0 amide bonds. The van der Waals surface area contributed by atoms with Crippen LogP contribution in [-0.2, 0) is 0 Å². The molecule has 0 unspecified atom stereocenters. The zero-order valence-corrected chi connectivity index (χ0v) is 12.4. The van der Waals surface area contributed by atoms with E-state index >= 15 is 0 Å². The Kier molecular flexibility index (Phi) is 3.45. The molecule has 0 atom stereocenters. The van der Waals surface area contributed by atoms with Crippen LogP contribution in [0.3, 0.4) is 0 Å². The third-order valence-electron chi connectivity index (χ3n) is 3.65. The SMILES string of the molecule is C(=C\c1nc(-c2ccoc2)nc2ccccc12)/c1ccccc1. The molecule has 0 radical (unpaired) electrons. The average Bonchev–Trinajstić information content (AvgIpc) is 3.15. The van der Waals surface area contributed by atoms with Crippen molar-refractivity contribution in [2.24, 2.45) is 0 Å². The number of rotatable bonds is 3. The van der Waals surface area contributed by atoms with E-state index in [1.165, 1.54) is 0 Å². The first-order valence-corrected chi connectivity index (χ1v) is 7.43. The molecule has 0 N–H and O–H groups in total. The van der Waals surface area contributed by atoms with Crippen molar-refractivity contribution >= 4 is 23.1 Å². The Bertz CT molecular complexity index is 958. The fourth-order valence-electron chi connectivity index (χ4n) is 2.49. The normalized spacial score (nSPS) is 11.3. The zero-order chi connectivity index (χ0) is 15.5. The van der Waals surface area contributed by atoms with Crippen molar-refractivity contribution in [3.05, 3.63) is 84.4 Å². The van der Waals surface area contributed by atoms with Gasteiger partial charge in [-0.2, -0.15) is 0 Å². The fraction of sp³-hybridized carbons (Fsp3) is 0. The maximum Gasteiger partial charge on any atom is 0.163 e. The highest BCUT2D eigenvalue weighted by molar-refractivity contribution is 5.90. The summed E-state index contributed by atoms with van der Waals surface area (Å²) in [5, 5.41) is 1.03. The summed E-state index contributed by atoms with van der Waals surface area (Å²) in [7, 11) is 0. The van der Waals surface area contributed by atoms with Gasteiger partial charge in [-0.1, -0.05) is 54.6 Å². The minimum atomic E-state index is 0.671. The Hall–Kier alpha value is -3.20. The summed E-state index contributed by atoms with van der Waals surface area (Å²) in [4.78, 5) is 9.33. The molecule has 0 saturated carbocycles. The predicted molar refractivity (Wildman–Crippen MR) is 92.6 cm³/mol. The van der Waals surface area contributed by atoms with Crippen molar-refractivity contribution in [1.29, 1.82) is 0 Å². The minimum Gasteiger partial charge on any atom is -0.472 e. The molecule has 2 aromatic heterocycles. The van der Waals surface area contributed by atoms with Crippen LogP contribution in [0.4, 0.5) is 0 Å². The highest BCUT2D eigenvalue weighted by Crippen LogP contribution is 2.23. The van der Waals surface area contributed by atoms with Gasteiger partial charge in [-0.3, -0.25) is 0 Å². The summed E-state index contributed by atoms with van der Waals surface area (Å²) in [6.07, 6.45) is 7.39. The molecular formula is C20H14N2O. The Morgan fingerprint density at radius 2 is 1.61 bits per heavy atom. The second-order valence-corrected chi connectivity index (χ2v) is 5.21. The minimum absolute atomic E-state index is 0.671. The van der Waals surface area contributed by atoms with Crippen molar-refractivity contribution in [3.8, 4) is 11.4 Å². The van der Waals surface area contributed by atoms with Crippen LogP contribution >= 0.6 is 0 Å². The van der Waals surface area contributed by atoms with E-state index in [9.17, 15) is 0 Å². The van der Waals surface area contributed by atoms with Crippen LogP contribution in [0.2, 0.25) is 0 Å². The first-order chi connectivity index (χ1) is 11.4. The van der Waals surface area contributed by atoms with Gasteiger partial charge in [-0.05, 0) is 23.8 Å². The summed E-state index contributed by atoms with van der Waals surface area (Å²) in [6, 6.07) is 20.1. The van der Waals surface area contributed by atoms with Gasteiger partial charge in [0.2, 0.25) is 0 Å². The number of nitrogens with zero attached hydrogens (tertiary/aromatic N) is 2. The molecule has 0 aliphatic rings. The van der Waals surface area contributed by atoms with Gasteiger partial charge in [0.15, 0.2) is 5.82 Å². The second kappa shape index (κ2) is 5.89. The summed E-state index contributed by atoms with van der Waals surface area (Å²) >= 11 is 0. The largest absolute Gasteiger partial charge is 0.472 e. The van der Waals surface area contributed by atoms with E-state index in [1.54, 1.807) is 12.5 Å². The molecule has 23 heavy (non-hydrogen) atoms. The molecule has 0 bridgehead atoms. The maximum absolute atomic E-state index is 5.15. The highest BCUT2D eigenvalue weighted by Gasteiger charge is 2.08. The lowest BCUT2D eigenvalue weighted by atomic mass is 10.1. The summed E-state index contributed by atoms with van der Waals surface area (Å²) in [6.45, 7) is 0. The van der Waals surface area contributed by atoms with E-state index in [0.717, 1.165) is 27.7 Å². The third kappa shape index (κ3) is 2.77. The predicted octanol–water partition coefficient (Wildman–Crippen LogP) is 5.06. The van der Waals surface area contributed by atoms with Gasteiger partial charge in [0.1, 0.15) is 6.26 Å². The van der Waals surface area contributed by atoms with Crippen molar-refractivity contribution in [2.45, 2.75) is 0 Å². The number of para-hydroxylation sites is 1. The van der Waals surface area contributed by atoms with Crippen LogP contribution in [0.1, 0.15) is 11.3 Å². The fourth-order valence-corrected chi connectivity index (χ4v) is 2.49. The van der Waals surface area contributed by atoms with Crippen LogP contribution < -0.4 is 0 Å². The molecule has 4 rings (SSSR count). The molecule has 0 fully saturated rings. The van der Waals surface area contributed by atoms with E-state index < -0.39 is 0 Å². The topological polar surface area (TPSA) is 38.9 Å². The molecule has 3 nitrogen and oxygen atoms in total. The number of fused-ring (bicyclic) bond motifs is 1. The monoisotopic (exact) mass is 298 g/mol. The molecule has 0 aliphatic heterocycles. The summed E-state index contributed by atoms with van der Waals surface area (Å²) < 4.78 is 5.15. The lowest BCUT2D eigenvalue weighted by molar-refractivity contribution is 0.568. The van der Waals surface area contributed by atoms with E-state index in [0.29, 0.717) is 5.82 Å². The van der Waals surface area contributed by atoms with Crippen LogP contribution in [-0.4, -0.2) is 9.97 Å². The lowest BCUT2D eigenvalue weighted by Gasteiger charge is -2.04. The highest BCUT2D eigenvalue weighted by atomic mass is 16.3. The van der Waals surface area contributed by atoms with E-state index in [2.05, 4.69) is 23.2 Å². The van der Waals surface area contributed by atoms with Gasteiger partial charge in [0.25, 0.3) is 0 Å². The molecule has 110 valence electrons. The van der Waals surface area contributed by atoms with Crippen LogP contribution in [0.5, 0.6) is 0 Å². The van der Waals surface area contributed by atoms with E-state index in [1.807, 2.05) is 54.6 Å². The lowest BCUT2D eigenvalue weighted by Crippen LogP contribution is -1.93.